The highest BCUT2D eigenvalue weighted by Crippen LogP contribution is 2.41. The molecule has 1 heterocycles. The zero-order valence-electron chi connectivity index (χ0n) is 21.0. The van der Waals surface area contributed by atoms with Gasteiger partial charge in [0.2, 0.25) is 0 Å². The molecule has 1 saturated heterocycles. The lowest BCUT2D eigenvalue weighted by Gasteiger charge is -2.30. The van der Waals surface area contributed by atoms with Gasteiger partial charge in [0.05, 0.1) is 22.7 Å². The van der Waals surface area contributed by atoms with E-state index in [2.05, 4.69) is 0 Å². The first-order valence-corrected chi connectivity index (χ1v) is 14.2. The molecule has 1 aliphatic heterocycles. The van der Waals surface area contributed by atoms with Gasteiger partial charge >= 0.3 is 0 Å². The number of nitrogens with zero attached hydrogens (tertiary/aromatic N) is 2. The van der Waals surface area contributed by atoms with Gasteiger partial charge in [-0.25, -0.2) is 4.99 Å². The van der Waals surface area contributed by atoms with Crippen LogP contribution in [0.15, 0.2) is 76.6 Å². The molecular weight excluding hydrogens is 539 g/mol. The highest BCUT2D eigenvalue weighted by atomic mass is 35.5. The summed E-state index contributed by atoms with van der Waals surface area (Å²) >= 11 is 14.0. The maximum absolute atomic E-state index is 13.7. The van der Waals surface area contributed by atoms with Gasteiger partial charge in [0.15, 0.2) is 16.7 Å². The fourth-order valence-corrected chi connectivity index (χ4v) is 6.15. The number of aliphatic imine (C=N–C) groups is 1. The molecule has 0 atom stereocenters. The Balaban J connectivity index is 1.42. The van der Waals surface area contributed by atoms with E-state index in [0.29, 0.717) is 33.1 Å². The van der Waals surface area contributed by atoms with Gasteiger partial charge in [-0.05, 0) is 78.2 Å². The van der Waals surface area contributed by atoms with Crippen LogP contribution < -0.4 is 9.47 Å². The SMILES string of the molecule is COc1cc(/C=C2\SC(=Nc3ccccc3)N(C3CCCCC3)C2=O)cc(Cl)c1OCc1ccc(Cl)cc1. The van der Waals surface area contributed by atoms with Gasteiger partial charge in [-0.3, -0.25) is 9.69 Å². The first-order chi connectivity index (χ1) is 18.5. The molecule has 1 amide bonds. The van der Waals surface area contributed by atoms with Crippen molar-refractivity contribution in [3.8, 4) is 11.5 Å². The van der Waals surface area contributed by atoms with E-state index in [1.165, 1.54) is 18.2 Å². The van der Waals surface area contributed by atoms with Crippen LogP contribution in [0.4, 0.5) is 5.69 Å². The van der Waals surface area contributed by atoms with Crippen LogP contribution in [-0.2, 0) is 11.4 Å². The highest BCUT2D eigenvalue weighted by molar-refractivity contribution is 8.18. The number of methoxy groups -OCH3 is 1. The molecule has 0 bridgehead atoms. The molecule has 0 unspecified atom stereocenters. The number of rotatable bonds is 7. The third kappa shape index (κ3) is 6.20. The molecule has 1 saturated carbocycles. The lowest BCUT2D eigenvalue weighted by Crippen LogP contribution is -2.40. The molecule has 0 spiro atoms. The number of thioether (sulfide) groups is 1. The fraction of sp³-hybridized carbons (Fsp3) is 0.267. The van der Waals surface area contributed by atoms with Crippen LogP contribution in [-0.4, -0.2) is 29.1 Å². The van der Waals surface area contributed by atoms with Gasteiger partial charge in [-0.15, -0.1) is 0 Å². The summed E-state index contributed by atoms with van der Waals surface area (Å²) in [6, 6.07) is 21.0. The van der Waals surface area contributed by atoms with E-state index in [1.54, 1.807) is 13.2 Å². The van der Waals surface area contributed by atoms with Gasteiger partial charge in [-0.2, -0.15) is 0 Å². The summed E-state index contributed by atoms with van der Waals surface area (Å²) in [6.45, 7) is 0.317. The number of amidine groups is 1. The summed E-state index contributed by atoms with van der Waals surface area (Å²) in [5, 5.41) is 1.79. The third-order valence-corrected chi connectivity index (χ3v) is 8.12. The average Bonchev–Trinajstić information content (AvgIpc) is 3.23. The lowest BCUT2D eigenvalue weighted by molar-refractivity contribution is -0.124. The molecule has 5 nitrogen and oxygen atoms in total. The maximum atomic E-state index is 13.7. The Bertz CT molecular complexity index is 1350. The van der Waals surface area contributed by atoms with E-state index >= 15 is 0 Å². The summed E-state index contributed by atoms with van der Waals surface area (Å²) in [6.07, 6.45) is 7.31. The summed E-state index contributed by atoms with van der Waals surface area (Å²) in [7, 11) is 1.57. The number of benzene rings is 3. The van der Waals surface area contributed by atoms with E-state index in [-0.39, 0.29) is 11.9 Å². The number of hydrogen-bond donors (Lipinski definition) is 0. The average molecular weight is 568 g/mol. The van der Waals surface area contributed by atoms with Crippen LogP contribution in [0, 0.1) is 0 Å². The van der Waals surface area contributed by atoms with Crippen molar-refractivity contribution in [3.05, 3.63) is 92.8 Å². The molecule has 5 rings (SSSR count). The number of hydrogen-bond acceptors (Lipinski definition) is 5. The second kappa shape index (κ2) is 12.3. The minimum atomic E-state index is -0.0188. The zero-order chi connectivity index (χ0) is 26.5. The minimum Gasteiger partial charge on any atom is -0.493 e. The molecule has 3 aromatic rings. The van der Waals surface area contributed by atoms with Gasteiger partial charge in [0.1, 0.15) is 6.61 Å². The molecule has 0 radical (unpaired) electrons. The summed E-state index contributed by atoms with van der Waals surface area (Å²) < 4.78 is 11.6. The van der Waals surface area contributed by atoms with E-state index in [4.69, 9.17) is 37.7 Å². The van der Waals surface area contributed by atoms with Crippen molar-refractivity contribution in [1.82, 2.24) is 4.90 Å². The Labute approximate surface area is 237 Å². The van der Waals surface area contributed by atoms with Gasteiger partial charge in [-0.1, -0.05) is 72.8 Å². The molecule has 0 aromatic heterocycles. The predicted octanol–water partition coefficient (Wildman–Crippen LogP) is 8.52. The molecule has 8 heteroatoms. The molecule has 196 valence electrons. The van der Waals surface area contributed by atoms with Crippen molar-refractivity contribution in [2.24, 2.45) is 4.99 Å². The van der Waals surface area contributed by atoms with Gasteiger partial charge in [0.25, 0.3) is 5.91 Å². The Morgan fingerprint density at radius 2 is 1.76 bits per heavy atom. The van der Waals surface area contributed by atoms with E-state index in [1.807, 2.05) is 71.6 Å². The highest BCUT2D eigenvalue weighted by Gasteiger charge is 2.38. The largest absolute Gasteiger partial charge is 0.493 e. The van der Waals surface area contributed by atoms with Crippen molar-refractivity contribution in [2.75, 3.05) is 7.11 Å². The fourth-order valence-electron chi connectivity index (χ4n) is 4.69. The van der Waals surface area contributed by atoms with E-state index in [9.17, 15) is 4.79 Å². The lowest BCUT2D eigenvalue weighted by atomic mass is 9.94. The van der Waals surface area contributed by atoms with Crippen molar-refractivity contribution < 1.29 is 14.3 Å². The van der Waals surface area contributed by atoms with Crippen molar-refractivity contribution in [1.29, 1.82) is 0 Å². The van der Waals surface area contributed by atoms with E-state index < -0.39 is 0 Å². The predicted molar refractivity (Wildman–Crippen MR) is 157 cm³/mol. The Morgan fingerprint density at radius 1 is 1.03 bits per heavy atom. The summed E-state index contributed by atoms with van der Waals surface area (Å²) in [5.74, 6) is 0.928. The monoisotopic (exact) mass is 566 g/mol. The number of carbonyl (C=O) groups is 1. The molecule has 2 aliphatic rings. The third-order valence-electron chi connectivity index (χ3n) is 6.60. The van der Waals surface area contributed by atoms with Crippen LogP contribution in [0.25, 0.3) is 6.08 Å². The Kier molecular flexibility index (Phi) is 8.62. The number of para-hydroxylation sites is 1. The number of ether oxygens (including phenoxy) is 2. The van der Waals surface area contributed by atoms with Gasteiger partial charge < -0.3 is 9.47 Å². The second-order valence-electron chi connectivity index (χ2n) is 9.26. The number of carbonyl (C=O) groups excluding carboxylic acids is 1. The first-order valence-electron chi connectivity index (χ1n) is 12.6. The standard InChI is InChI=1S/C30H28Cl2N2O3S/c1-36-26-17-21(16-25(32)28(26)37-19-20-12-14-22(31)15-13-20)18-27-29(35)34(24-10-6-3-7-11-24)30(38-27)33-23-8-4-2-5-9-23/h2,4-5,8-9,12-18,24H,3,6-7,10-11,19H2,1H3/b27-18-,33-30?. The summed E-state index contributed by atoms with van der Waals surface area (Å²) in [5.41, 5.74) is 2.54. The smallest absolute Gasteiger partial charge is 0.267 e. The van der Waals surface area contributed by atoms with Crippen molar-refractivity contribution in [3.63, 3.8) is 0 Å². The van der Waals surface area contributed by atoms with Crippen molar-refractivity contribution in [2.45, 2.75) is 44.8 Å². The quantitative estimate of drug-likeness (QED) is 0.269. The molecule has 2 fully saturated rings. The molecular formula is C30H28Cl2N2O3S. The summed E-state index contributed by atoms with van der Waals surface area (Å²) in [4.78, 5) is 21.0. The zero-order valence-corrected chi connectivity index (χ0v) is 23.4. The van der Waals surface area contributed by atoms with Crippen LogP contribution >= 0.6 is 35.0 Å². The van der Waals surface area contributed by atoms with Gasteiger partial charge in [0, 0.05) is 11.1 Å². The normalized spacial score (nSPS) is 18.4. The topological polar surface area (TPSA) is 51.1 Å². The van der Waals surface area contributed by atoms with Crippen LogP contribution in [0.5, 0.6) is 11.5 Å². The maximum Gasteiger partial charge on any atom is 0.267 e. The van der Waals surface area contributed by atoms with Crippen LogP contribution in [0.3, 0.4) is 0 Å². The Morgan fingerprint density at radius 3 is 2.47 bits per heavy atom. The second-order valence-corrected chi connectivity index (χ2v) is 11.1. The van der Waals surface area contributed by atoms with Crippen LogP contribution in [0.1, 0.15) is 43.2 Å². The molecule has 0 N–H and O–H groups in total. The number of halogens is 2. The number of amides is 1. The molecule has 1 aliphatic carbocycles. The van der Waals surface area contributed by atoms with Crippen molar-refractivity contribution >= 4 is 57.8 Å². The Hall–Kier alpha value is -2.93. The molecule has 3 aromatic carbocycles. The van der Waals surface area contributed by atoms with E-state index in [0.717, 1.165) is 47.7 Å². The first kappa shape index (κ1) is 26.7. The minimum absolute atomic E-state index is 0.0188. The molecule has 38 heavy (non-hydrogen) atoms. The van der Waals surface area contributed by atoms with Crippen LogP contribution in [0.2, 0.25) is 10.0 Å².